The van der Waals surface area contributed by atoms with E-state index in [0.29, 0.717) is 0 Å². The summed E-state index contributed by atoms with van der Waals surface area (Å²) >= 11 is 0. The zero-order valence-corrected chi connectivity index (χ0v) is 20.6. The minimum atomic E-state index is -4.80. The number of halogens is 4. The minimum absolute atomic E-state index is 0.0725. The number of ether oxygens (including phenoxy) is 2. The molecule has 0 aliphatic carbocycles. The molecular formula is C23H27F4N3O4S. The summed E-state index contributed by atoms with van der Waals surface area (Å²) in [7, 11) is -3.20. The average Bonchev–Trinajstić information content (AvgIpc) is 3.03. The Morgan fingerprint density at radius 3 is 2.57 bits per heavy atom. The number of carbonyl (C=O) groups is 1. The Bertz CT molecular complexity index is 1240. The van der Waals surface area contributed by atoms with Crippen molar-refractivity contribution >= 4 is 21.3 Å². The fourth-order valence-corrected chi connectivity index (χ4v) is 4.84. The number of carbonyl (C=O) groups excluding carboxylic acids is 1. The quantitative estimate of drug-likeness (QED) is 0.523. The Morgan fingerprint density at radius 2 is 2.00 bits per heavy atom. The SMILES string of the molecule is CCOc1c([C@H]2[C@H](C(=O)Nc3ccnc([S@](C)(=N)=O)c3)O[C@@](C)(C(F)(F)F)[C@H]2C)ccc(F)c1C. The molecule has 35 heavy (non-hydrogen) atoms. The summed E-state index contributed by atoms with van der Waals surface area (Å²) in [5, 5.41) is 2.39. The summed E-state index contributed by atoms with van der Waals surface area (Å²) in [4.78, 5) is 17.1. The summed E-state index contributed by atoms with van der Waals surface area (Å²) in [6.07, 6.45) is -4.03. The van der Waals surface area contributed by atoms with Crippen molar-refractivity contribution in [3.8, 4) is 5.75 Å². The molecule has 1 saturated heterocycles. The first-order valence-corrected chi connectivity index (χ1v) is 12.8. The molecule has 2 aromatic rings. The van der Waals surface area contributed by atoms with Gasteiger partial charge in [0.25, 0.3) is 5.91 Å². The third-order valence-electron chi connectivity index (χ3n) is 6.35. The Kier molecular flexibility index (Phi) is 7.20. The van der Waals surface area contributed by atoms with Gasteiger partial charge >= 0.3 is 6.18 Å². The number of amides is 1. The lowest BCUT2D eigenvalue weighted by Crippen LogP contribution is -2.47. The standard InChI is InChI=1S/C23H27F4N3O4S/c1-6-33-19-12(2)16(24)8-7-15(19)18-13(3)22(4,23(25,26)27)34-20(18)21(31)30-14-9-10-29-17(11-14)35(5,28)32/h7-11,13,18,20,28H,6H2,1-5H3,(H,29,30,31)/t13-,18-,20+,22+,35+/m0/s1. The van der Waals surface area contributed by atoms with E-state index in [1.54, 1.807) is 6.92 Å². The summed E-state index contributed by atoms with van der Waals surface area (Å²) in [5.74, 6) is -3.77. The molecule has 5 atom stereocenters. The zero-order chi connectivity index (χ0) is 26.3. The van der Waals surface area contributed by atoms with Gasteiger partial charge in [0.05, 0.1) is 16.3 Å². The maximum atomic E-state index is 14.3. The van der Waals surface area contributed by atoms with Gasteiger partial charge in [0.15, 0.2) is 5.60 Å². The van der Waals surface area contributed by atoms with Crippen molar-refractivity contribution in [1.29, 1.82) is 4.78 Å². The van der Waals surface area contributed by atoms with Crippen LogP contribution in [0.25, 0.3) is 0 Å². The molecule has 1 amide bonds. The van der Waals surface area contributed by atoms with Crippen molar-refractivity contribution in [1.82, 2.24) is 4.98 Å². The van der Waals surface area contributed by atoms with Crippen molar-refractivity contribution in [2.45, 2.75) is 56.5 Å². The van der Waals surface area contributed by atoms with Crippen LogP contribution in [-0.4, -0.2) is 45.8 Å². The summed E-state index contributed by atoms with van der Waals surface area (Å²) < 4.78 is 87.3. The second-order valence-corrected chi connectivity index (χ2v) is 10.8. The largest absolute Gasteiger partial charge is 0.493 e. The van der Waals surface area contributed by atoms with Crippen molar-refractivity contribution in [3.05, 3.63) is 47.4 Å². The van der Waals surface area contributed by atoms with Gasteiger partial charge in [-0.2, -0.15) is 13.2 Å². The molecule has 0 bridgehead atoms. The molecular weight excluding hydrogens is 490 g/mol. The Balaban J connectivity index is 2.10. The Hall–Kier alpha value is -2.73. The first-order chi connectivity index (χ1) is 16.1. The molecule has 1 aliphatic heterocycles. The monoisotopic (exact) mass is 517 g/mol. The fourth-order valence-electron chi connectivity index (χ4n) is 4.22. The number of benzene rings is 1. The van der Waals surface area contributed by atoms with Crippen molar-refractivity contribution in [2.24, 2.45) is 5.92 Å². The molecule has 7 nitrogen and oxygen atoms in total. The summed E-state index contributed by atoms with van der Waals surface area (Å²) in [6.45, 7) is 5.45. The molecule has 1 fully saturated rings. The lowest BCUT2D eigenvalue weighted by molar-refractivity contribution is -0.272. The average molecular weight is 518 g/mol. The normalized spacial score (nSPS) is 26.3. The lowest BCUT2D eigenvalue weighted by Gasteiger charge is -2.32. The third-order valence-corrected chi connectivity index (χ3v) is 7.37. The molecule has 0 unspecified atom stereocenters. The van der Waals surface area contributed by atoms with Crippen LogP contribution in [0.3, 0.4) is 0 Å². The van der Waals surface area contributed by atoms with E-state index in [0.717, 1.165) is 19.2 Å². The van der Waals surface area contributed by atoms with Gasteiger partial charge in [0.2, 0.25) is 0 Å². The second-order valence-electron chi connectivity index (χ2n) is 8.70. The van der Waals surface area contributed by atoms with E-state index in [-0.39, 0.29) is 34.2 Å². The highest BCUT2D eigenvalue weighted by atomic mass is 32.2. The summed E-state index contributed by atoms with van der Waals surface area (Å²) in [6, 6.07) is 5.02. The topological polar surface area (TPSA) is 101 Å². The van der Waals surface area contributed by atoms with Crippen LogP contribution >= 0.6 is 0 Å². The van der Waals surface area contributed by atoms with Gasteiger partial charge in [-0.05, 0) is 39.0 Å². The molecule has 192 valence electrons. The van der Waals surface area contributed by atoms with Gasteiger partial charge < -0.3 is 14.8 Å². The van der Waals surface area contributed by atoms with Gasteiger partial charge in [0, 0.05) is 41.1 Å². The van der Waals surface area contributed by atoms with E-state index >= 15 is 0 Å². The molecule has 3 rings (SSSR count). The van der Waals surface area contributed by atoms with Crippen molar-refractivity contribution in [3.63, 3.8) is 0 Å². The molecule has 1 aromatic heterocycles. The number of hydrogen-bond donors (Lipinski definition) is 2. The first-order valence-electron chi connectivity index (χ1n) is 10.8. The molecule has 12 heteroatoms. The number of nitrogens with zero attached hydrogens (tertiary/aromatic N) is 1. The zero-order valence-electron chi connectivity index (χ0n) is 19.8. The number of nitrogens with one attached hydrogen (secondary N) is 2. The number of rotatable bonds is 6. The van der Waals surface area contributed by atoms with Crippen LogP contribution in [0.5, 0.6) is 5.75 Å². The maximum absolute atomic E-state index is 14.3. The maximum Gasteiger partial charge on any atom is 0.417 e. The fraction of sp³-hybridized carbons (Fsp3) is 0.478. The molecule has 0 spiro atoms. The summed E-state index contributed by atoms with van der Waals surface area (Å²) in [5.41, 5.74) is -2.24. The van der Waals surface area contributed by atoms with Crippen LogP contribution in [0.15, 0.2) is 35.5 Å². The van der Waals surface area contributed by atoms with Crippen LogP contribution < -0.4 is 10.1 Å². The van der Waals surface area contributed by atoms with E-state index in [1.165, 1.54) is 38.2 Å². The predicted molar refractivity (Wildman–Crippen MR) is 121 cm³/mol. The smallest absolute Gasteiger partial charge is 0.417 e. The van der Waals surface area contributed by atoms with E-state index in [1.807, 2.05) is 0 Å². The Morgan fingerprint density at radius 1 is 1.34 bits per heavy atom. The third kappa shape index (κ3) is 4.99. The highest BCUT2D eigenvalue weighted by molar-refractivity contribution is 7.91. The molecule has 0 radical (unpaired) electrons. The van der Waals surface area contributed by atoms with Crippen molar-refractivity contribution < 1.29 is 36.0 Å². The highest BCUT2D eigenvalue weighted by Crippen LogP contribution is 2.55. The van der Waals surface area contributed by atoms with Gasteiger partial charge in [-0.15, -0.1) is 0 Å². The van der Waals surface area contributed by atoms with E-state index in [9.17, 15) is 26.6 Å². The van der Waals surface area contributed by atoms with Crippen LogP contribution in [-0.2, 0) is 19.3 Å². The van der Waals surface area contributed by atoms with Crippen molar-refractivity contribution in [2.75, 3.05) is 18.2 Å². The number of alkyl halides is 3. The molecule has 0 saturated carbocycles. The van der Waals surface area contributed by atoms with E-state index in [4.69, 9.17) is 14.3 Å². The van der Waals surface area contributed by atoms with Gasteiger partial charge in [-0.3, -0.25) is 4.79 Å². The number of anilines is 1. The number of aromatic nitrogens is 1. The van der Waals surface area contributed by atoms with E-state index < -0.39 is 51.2 Å². The molecule has 2 heterocycles. The van der Waals surface area contributed by atoms with E-state index in [2.05, 4.69) is 10.3 Å². The predicted octanol–water partition coefficient (Wildman–Crippen LogP) is 5.04. The molecule has 2 N–H and O–H groups in total. The van der Waals surface area contributed by atoms with Gasteiger partial charge in [-0.25, -0.2) is 18.4 Å². The van der Waals surface area contributed by atoms with Crippen LogP contribution in [0.2, 0.25) is 0 Å². The van der Waals surface area contributed by atoms with Crippen LogP contribution in [0.4, 0.5) is 23.2 Å². The number of hydrogen-bond acceptors (Lipinski definition) is 6. The molecule has 1 aromatic carbocycles. The minimum Gasteiger partial charge on any atom is -0.493 e. The van der Waals surface area contributed by atoms with Crippen LogP contribution in [0, 0.1) is 23.4 Å². The second kappa shape index (κ2) is 9.38. The highest BCUT2D eigenvalue weighted by Gasteiger charge is 2.65. The Labute approximate surface area is 201 Å². The lowest BCUT2D eigenvalue weighted by atomic mass is 9.76. The first kappa shape index (κ1) is 26.9. The van der Waals surface area contributed by atoms with Gasteiger partial charge in [-0.1, -0.05) is 13.0 Å². The number of pyridine rings is 1. The van der Waals surface area contributed by atoms with Gasteiger partial charge in [0.1, 0.15) is 22.7 Å². The molecule has 1 aliphatic rings. The van der Waals surface area contributed by atoms with Crippen LogP contribution in [0.1, 0.15) is 37.8 Å².